The molecule has 4 heteroatoms. The molecule has 0 aromatic rings. The third-order valence-corrected chi connectivity index (χ3v) is 1.89. The number of rotatable bonds is 3. The van der Waals surface area contributed by atoms with E-state index in [9.17, 15) is 4.79 Å². The Labute approximate surface area is 72.6 Å². The highest BCUT2D eigenvalue weighted by Gasteiger charge is 2.13. The molecule has 0 aliphatic carbocycles. The van der Waals surface area contributed by atoms with Gasteiger partial charge in [-0.3, -0.25) is 4.79 Å². The summed E-state index contributed by atoms with van der Waals surface area (Å²) in [5.74, 6) is -0.209. The summed E-state index contributed by atoms with van der Waals surface area (Å²) in [4.78, 5) is 16.0. The summed E-state index contributed by atoms with van der Waals surface area (Å²) < 4.78 is 0. The van der Waals surface area contributed by atoms with Crippen LogP contribution in [0.5, 0.6) is 0 Å². The van der Waals surface area contributed by atoms with E-state index in [1.54, 1.807) is 5.06 Å². The molecule has 4 nitrogen and oxygen atoms in total. The molecule has 1 fully saturated rings. The maximum Gasteiger partial charge on any atom is 0.326 e. The van der Waals surface area contributed by atoms with Crippen molar-refractivity contribution in [3.63, 3.8) is 0 Å². The highest BCUT2D eigenvalue weighted by molar-refractivity contribution is 5.69. The van der Waals surface area contributed by atoms with Gasteiger partial charge in [-0.15, -0.1) is 5.06 Å². The third kappa shape index (κ3) is 3.19. The molecule has 2 N–H and O–H groups in total. The number of nitrogens with zero attached hydrogens (tertiary/aromatic N) is 1. The molecule has 12 heavy (non-hydrogen) atoms. The van der Waals surface area contributed by atoms with E-state index in [0.29, 0.717) is 13.0 Å². The fourth-order valence-corrected chi connectivity index (χ4v) is 1.26. The first-order valence-corrected chi connectivity index (χ1v) is 4.49. The zero-order chi connectivity index (χ0) is 8.81. The largest absolute Gasteiger partial charge is 0.368 e. The van der Waals surface area contributed by atoms with E-state index >= 15 is 0 Å². The van der Waals surface area contributed by atoms with Crippen LogP contribution in [-0.4, -0.2) is 30.7 Å². The van der Waals surface area contributed by atoms with Gasteiger partial charge < -0.3 is 10.6 Å². The Bertz CT molecular complexity index is 144. The van der Waals surface area contributed by atoms with E-state index < -0.39 is 0 Å². The maximum absolute atomic E-state index is 11.0. The van der Waals surface area contributed by atoms with Gasteiger partial charge in [0.2, 0.25) is 0 Å². The Morgan fingerprint density at radius 2 is 2.00 bits per heavy atom. The van der Waals surface area contributed by atoms with Gasteiger partial charge in [-0.1, -0.05) is 6.42 Å². The highest BCUT2D eigenvalue weighted by atomic mass is 16.7. The van der Waals surface area contributed by atoms with E-state index in [1.807, 2.05) is 0 Å². The molecule has 0 bridgehead atoms. The number of hydroxylamine groups is 2. The van der Waals surface area contributed by atoms with Gasteiger partial charge in [0.05, 0.1) is 6.42 Å². The second-order valence-electron chi connectivity index (χ2n) is 2.99. The van der Waals surface area contributed by atoms with Gasteiger partial charge in [-0.2, -0.15) is 0 Å². The molecule has 0 radical (unpaired) electrons. The number of hydrogen-bond acceptors (Lipinski definition) is 4. The lowest BCUT2D eigenvalue weighted by atomic mass is 10.2. The molecule has 0 aromatic carbocycles. The van der Waals surface area contributed by atoms with Crippen LogP contribution < -0.4 is 5.73 Å². The smallest absolute Gasteiger partial charge is 0.326 e. The first kappa shape index (κ1) is 9.48. The minimum absolute atomic E-state index is 0.209. The zero-order valence-corrected chi connectivity index (χ0v) is 7.29. The predicted octanol–water partition coefficient (Wildman–Crippen LogP) is 0.279. The number of piperidine rings is 1. The van der Waals surface area contributed by atoms with Crippen molar-refractivity contribution in [2.45, 2.75) is 25.7 Å². The minimum Gasteiger partial charge on any atom is -0.368 e. The van der Waals surface area contributed by atoms with Gasteiger partial charge in [0, 0.05) is 19.6 Å². The molecule has 1 saturated heterocycles. The predicted molar refractivity (Wildman–Crippen MR) is 45.2 cm³/mol. The molecule has 0 spiro atoms. The molecule has 0 saturated carbocycles. The van der Waals surface area contributed by atoms with Crippen LogP contribution in [0.2, 0.25) is 0 Å². The van der Waals surface area contributed by atoms with Crippen molar-refractivity contribution in [1.82, 2.24) is 5.06 Å². The normalized spacial score (nSPS) is 19.1. The van der Waals surface area contributed by atoms with Crippen LogP contribution in [0.25, 0.3) is 0 Å². The van der Waals surface area contributed by atoms with Crippen molar-refractivity contribution in [3.05, 3.63) is 0 Å². The average Bonchev–Trinajstić information content (AvgIpc) is 2.06. The average molecular weight is 172 g/mol. The second kappa shape index (κ2) is 5.11. The Morgan fingerprint density at radius 1 is 1.33 bits per heavy atom. The molecule has 0 aromatic heterocycles. The summed E-state index contributed by atoms with van der Waals surface area (Å²) in [6.07, 6.45) is 3.80. The van der Waals surface area contributed by atoms with Crippen molar-refractivity contribution in [1.29, 1.82) is 0 Å². The van der Waals surface area contributed by atoms with Crippen LogP contribution in [0.4, 0.5) is 0 Å². The Morgan fingerprint density at radius 3 is 2.58 bits per heavy atom. The van der Waals surface area contributed by atoms with Gasteiger partial charge in [0.15, 0.2) is 0 Å². The first-order chi connectivity index (χ1) is 5.83. The Kier molecular flexibility index (Phi) is 4.04. The van der Waals surface area contributed by atoms with Gasteiger partial charge in [0.1, 0.15) is 0 Å². The van der Waals surface area contributed by atoms with Gasteiger partial charge in [-0.25, -0.2) is 0 Å². The number of carbonyl (C=O) groups is 1. The van der Waals surface area contributed by atoms with E-state index in [0.717, 1.165) is 25.9 Å². The first-order valence-electron chi connectivity index (χ1n) is 4.49. The summed E-state index contributed by atoms with van der Waals surface area (Å²) in [5.41, 5.74) is 5.22. The lowest BCUT2D eigenvalue weighted by molar-refractivity contribution is -0.194. The molecule has 1 rings (SSSR count). The van der Waals surface area contributed by atoms with Gasteiger partial charge in [0.25, 0.3) is 0 Å². The Balaban J connectivity index is 2.15. The lowest BCUT2D eigenvalue weighted by Gasteiger charge is -2.24. The maximum atomic E-state index is 11.0. The zero-order valence-electron chi connectivity index (χ0n) is 7.29. The molecular formula is C8H16N2O2. The lowest BCUT2D eigenvalue weighted by Crippen LogP contribution is -2.32. The topological polar surface area (TPSA) is 55.6 Å². The van der Waals surface area contributed by atoms with Crippen LogP contribution in [-0.2, 0) is 9.63 Å². The Hall–Kier alpha value is -0.610. The minimum atomic E-state index is -0.209. The van der Waals surface area contributed by atoms with Crippen molar-refractivity contribution in [2.75, 3.05) is 19.6 Å². The van der Waals surface area contributed by atoms with Gasteiger partial charge >= 0.3 is 5.97 Å². The van der Waals surface area contributed by atoms with Crippen molar-refractivity contribution >= 4 is 5.97 Å². The number of hydrogen-bond donors (Lipinski definition) is 1. The van der Waals surface area contributed by atoms with Crippen molar-refractivity contribution in [2.24, 2.45) is 5.73 Å². The second-order valence-corrected chi connectivity index (χ2v) is 2.99. The fraction of sp³-hybridized carbons (Fsp3) is 0.875. The summed E-state index contributed by atoms with van der Waals surface area (Å²) in [6.45, 7) is 2.11. The number of nitrogens with two attached hydrogens (primary N) is 1. The molecule has 0 unspecified atom stereocenters. The van der Waals surface area contributed by atoms with Gasteiger partial charge in [-0.05, 0) is 12.8 Å². The molecule has 1 aliphatic heterocycles. The van der Waals surface area contributed by atoms with Crippen LogP contribution in [0.1, 0.15) is 25.7 Å². The molecular weight excluding hydrogens is 156 g/mol. The molecule has 0 amide bonds. The van der Waals surface area contributed by atoms with E-state index in [1.165, 1.54) is 6.42 Å². The van der Waals surface area contributed by atoms with Crippen LogP contribution in [0.3, 0.4) is 0 Å². The van der Waals surface area contributed by atoms with Crippen molar-refractivity contribution < 1.29 is 9.63 Å². The SMILES string of the molecule is NCCC(=O)ON1CCCCC1. The van der Waals surface area contributed by atoms with Crippen molar-refractivity contribution in [3.8, 4) is 0 Å². The number of carbonyl (C=O) groups excluding carboxylic acids is 1. The highest BCUT2D eigenvalue weighted by Crippen LogP contribution is 2.08. The molecule has 1 aliphatic rings. The summed E-state index contributed by atoms with van der Waals surface area (Å²) in [5, 5.41) is 1.74. The van der Waals surface area contributed by atoms with E-state index in [-0.39, 0.29) is 5.97 Å². The van der Waals surface area contributed by atoms with Crippen LogP contribution in [0, 0.1) is 0 Å². The standard InChI is InChI=1S/C8H16N2O2/c9-5-4-8(11)12-10-6-2-1-3-7-10/h1-7,9H2. The third-order valence-electron chi connectivity index (χ3n) is 1.89. The monoisotopic (exact) mass is 172 g/mol. The van der Waals surface area contributed by atoms with Crippen LogP contribution in [0.15, 0.2) is 0 Å². The van der Waals surface area contributed by atoms with E-state index in [4.69, 9.17) is 10.6 Å². The summed E-state index contributed by atoms with van der Waals surface area (Å²) in [6, 6.07) is 0. The molecule has 0 atom stereocenters. The molecule has 1 heterocycles. The van der Waals surface area contributed by atoms with Crippen LogP contribution >= 0.6 is 0 Å². The summed E-state index contributed by atoms with van der Waals surface area (Å²) >= 11 is 0. The van der Waals surface area contributed by atoms with E-state index in [2.05, 4.69) is 0 Å². The molecule has 70 valence electrons. The summed E-state index contributed by atoms with van der Waals surface area (Å²) in [7, 11) is 0. The quantitative estimate of drug-likeness (QED) is 0.664. The fourth-order valence-electron chi connectivity index (χ4n) is 1.26.